The number of hydrogen-bond donors (Lipinski definition) is 2. The van der Waals surface area contributed by atoms with Crippen molar-refractivity contribution < 1.29 is 9.59 Å². The second kappa shape index (κ2) is 6.83. The average molecular weight is 359 g/mol. The number of carbonyl (C=O) groups excluding carboxylic acids is 2. The van der Waals surface area contributed by atoms with Crippen LogP contribution in [0, 0.1) is 13.8 Å². The standard InChI is InChI=1S/C22H21N3O2/c1-13-11-16-14(2)9-10-23-20(16)17(12-13)21(26)25-19-8-7-15-5-3-4-6-18(15)24-22(19)27/h3-6,9-12,19H,7-8H2,1-2H3,(H,24,27)(H,25,26). The number of anilines is 1. The molecule has 0 fully saturated rings. The molecule has 0 saturated carbocycles. The predicted octanol–water partition coefficient (Wildman–Crippen LogP) is 3.53. The highest BCUT2D eigenvalue weighted by Crippen LogP contribution is 2.24. The maximum Gasteiger partial charge on any atom is 0.254 e. The van der Waals surface area contributed by atoms with E-state index in [9.17, 15) is 9.59 Å². The lowest BCUT2D eigenvalue weighted by Gasteiger charge is -2.16. The number of para-hydroxylation sites is 1. The molecule has 1 unspecified atom stereocenters. The van der Waals surface area contributed by atoms with Crippen LogP contribution in [0.3, 0.4) is 0 Å². The Kier molecular flexibility index (Phi) is 4.36. The Balaban J connectivity index is 1.63. The van der Waals surface area contributed by atoms with Gasteiger partial charge in [-0.1, -0.05) is 18.2 Å². The van der Waals surface area contributed by atoms with Crippen LogP contribution in [0.15, 0.2) is 48.7 Å². The Morgan fingerprint density at radius 3 is 2.85 bits per heavy atom. The van der Waals surface area contributed by atoms with Crippen molar-refractivity contribution in [1.82, 2.24) is 10.3 Å². The van der Waals surface area contributed by atoms with Gasteiger partial charge < -0.3 is 10.6 Å². The third-order valence-electron chi connectivity index (χ3n) is 5.05. The first kappa shape index (κ1) is 17.2. The number of aryl methyl sites for hydroxylation is 3. The van der Waals surface area contributed by atoms with Crippen molar-refractivity contribution in [3.05, 3.63) is 70.9 Å². The molecule has 2 heterocycles. The largest absolute Gasteiger partial charge is 0.340 e. The molecule has 0 aliphatic carbocycles. The maximum atomic E-state index is 13.0. The van der Waals surface area contributed by atoms with Crippen molar-refractivity contribution in [2.24, 2.45) is 0 Å². The van der Waals surface area contributed by atoms with Crippen LogP contribution >= 0.6 is 0 Å². The van der Waals surface area contributed by atoms with Crippen molar-refractivity contribution in [2.75, 3.05) is 5.32 Å². The second-order valence-corrected chi connectivity index (χ2v) is 7.05. The highest BCUT2D eigenvalue weighted by molar-refractivity contribution is 6.08. The summed E-state index contributed by atoms with van der Waals surface area (Å²) in [6, 6.07) is 12.9. The van der Waals surface area contributed by atoms with Gasteiger partial charge in [-0.3, -0.25) is 14.6 Å². The van der Waals surface area contributed by atoms with E-state index in [-0.39, 0.29) is 11.8 Å². The molecule has 0 radical (unpaired) electrons. The quantitative estimate of drug-likeness (QED) is 0.735. The van der Waals surface area contributed by atoms with Crippen molar-refractivity contribution >= 4 is 28.4 Å². The number of pyridine rings is 1. The number of fused-ring (bicyclic) bond motifs is 2. The molecule has 27 heavy (non-hydrogen) atoms. The lowest BCUT2D eigenvalue weighted by Crippen LogP contribution is -2.43. The first-order valence-electron chi connectivity index (χ1n) is 9.08. The Labute approximate surface area is 157 Å². The monoisotopic (exact) mass is 359 g/mol. The normalized spacial score (nSPS) is 16.4. The van der Waals surface area contributed by atoms with Crippen molar-refractivity contribution in [2.45, 2.75) is 32.7 Å². The van der Waals surface area contributed by atoms with Crippen LogP contribution in [0.5, 0.6) is 0 Å². The summed E-state index contributed by atoms with van der Waals surface area (Å²) < 4.78 is 0. The maximum absolute atomic E-state index is 13.0. The predicted molar refractivity (Wildman–Crippen MR) is 106 cm³/mol. The van der Waals surface area contributed by atoms with Gasteiger partial charge in [-0.15, -0.1) is 0 Å². The van der Waals surface area contributed by atoms with Gasteiger partial charge in [-0.2, -0.15) is 0 Å². The summed E-state index contributed by atoms with van der Waals surface area (Å²) in [6.45, 7) is 3.96. The van der Waals surface area contributed by atoms with Gasteiger partial charge in [0, 0.05) is 17.3 Å². The Morgan fingerprint density at radius 2 is 2.00 bits per heavy atom. The fourth-order valence-electron chi connectivity index (χ4n) is 3.59. The zero-order valence-corrected chi connectivity index (χ0v) is 15.4. The first-order chi connectivity index (χ1) is 13.0. The molecular formula is C22H21N3O2. The summed E-state index contributed by atoms with van der Waals surface area (Å²) in [4.78, 5) is 30.0. The molecule has 3 aromatic rings. The molecule has 5 nitrogen and oxygen atoms in total. The number of nitrogens with zero attached hydrogens (tertiary/aromatic N) is 1. The van der Waals surface area contributed by atoms with Gasteiger partial charge in [-0.25, -0.2) is 0 Å². The van der Waals surface area contributed by atoms with Crippen LogP contribution in [0.2, 0.25) is 0 Å². The molecule has 1 aliphatic rings. The van der Waals surface area contributed by atoms with E-state index in [1.807, 2.05) is 56.3 Å². The van der Waals surface area contributed by atoms with E-state index in [1.165, 1.54) is 0 Å². The minimum atomic E-state index is -0.578. The van der Waals surface area contributed by atoms with E-state index in [1.54, 1.807) is 6.20 Å². The highest BCUT2D eigenvalue weighted by atomic mass is 16.2. The van der Waals surface area contributed by atoms with E-state index < -0.39 is 6.04 Å². The smallest absolute Gasteiger partial charge is 0.254 e. The molecule has 0 spiro atoms. The lowest BCUT2D eigenvalue weighted by molar-refractivity contribution is -0.118. The fraction of sp³-hybridized carbons (Fsp3) is 0.227. The van der Waals surface area contributed by atoms with Crippen LogP contribution in [0.1, 0.15) is 33.5 Å². The molecule has 4 rings (SSSR count). The van der Waals surface area contributed by atoms with Gasteiger partial charge in [-0.05, 0) is 67.6 Å². The van der Waals surface area contributed by atoms with Gasteiger partial charge in [0.25, 0.3) is 5.91 Å². The Morgan fingerprint density at radius 1 is 1.19 bits per heavy atom. The molecule has 2 amide bonds. The summed E-state index contributed by atoms with van der Waals surface area (Å²) >= 11 is 0. The van der Waals surface area contributed by atoms with Crippen LogP contribution in [-0.4, -0.2) is 22.8 Å². The summed E-state index contributed by atoms with van der Waals surface area (Å²) in [6.07, 6.45) is 3.00. The zero-order valence-electron chi connectivity index (χ0n) is 15.4. The van der Waals surface area contributed by atoms with Crippen LogP contribution in [-0.2, 0) is 11.2 Å². The lowest BCUT2D eigenvalue weighted by atomic mass is 10.0. The number of benzene rings is 2. The van der Waals surface area contributed by atoms with E-state index in [2.05, 4.69) is 15.6 Å². The molecule has 2 N–H and O–H groups in total. The molecule has 0 saturated heterocycles. The Hall–Kier alpha value is -3.21. The van der Waals surface area contributed by atoms with E-state index >= 15 is 0 Å². The fourth-order valence-corrected chi connectivity index (χ4v) is 3.59. The Bertz CT molecular complexity index is 1060. The summed E-state index contributed by atoms with van der Waals surface area (Å²) in [5, 5.41) is 6.78. The zero-order chi connectivity index (χ0) is 19.0. The van der Waals surface area contributed by atoms with Crippen LogP contribution in [0.25, 0.3) is 10.9 Å². The minimum Gasteiger partial charge on any atom is -0.340 e. The minimum absolute atomic E-state index is 0.186. The van der Waals surface area contributed by atoms with Gasteiger partial charge in [0.1, 0.15) is 6.04 Å². The van der Waals surface area contributed by atoms with E-state index in [0.717, 1.165) is 34.2 Å². The van der Waals surface area contributed by atoms with E-state index in [0.29, 0.717) is 17.5 Å². The molecule has 5 heteroatoms. The molecule has 1 aliphatic heterocycles. The molecule has 136 valence electrons. The molecule has 0 bridgehead atoms. The third kappa shape index (κ3) is 3.28. The molecular weight excluding hydrogens is 338 g/mol. The molecule has 1 atom stereocenters. The highest BCUT2D eigenvalue weighted by Gasteiger charge is 2.26. The van der Waals surface area contributed by atoms with Crippen molar-refractivity contribution in [1.29, 1.82) is 0 Å². The third-order valence-corrected chi connectivity index (χ3v) is 5.05. The average Bonchev–Trinajstić information content (AvgIpc) is 2.81. The van der Waals surface area contributed by atoms with Gasteiger partial charge >= 0.3 is 0 Å². The van der Waals surface area contributed by atoms with E-state index in [4.69, 9.17) is 0 Å². The molecule has 1 aromatic heterocycles. The van der Waals surface area contributed by atoms with Crippen molar-refractivity contribution in [3.63, 3.8) is 0 Å². The van der Waals surface area contributed by atoms with Gasteiger partial charge in [0.15, 0.2) is 0 Å². The van der Waals surface area contributed by atoms with Crippen LogP contribution < -0.4 is 10.6 Å². The number of aromatic nitrogens is 1. The number of amides is 2. The summed E-state index contributed by atoms with van der Waals surface area (Å²) in [5.74, 6) is -0.456. The topological polar surface area (TPSA) is 71.1 Å². The number of carbonyl (C=O) groups is 2. The SMILES string of the molecule is Cc1cc(C(=O)NC2CCc3ccccc3NC2=O)c2nccc(C)c2c1. The molecule has 2 aromatic carbocycles. The number of hydrogen-bond acceptors (Lipinski definition) is 3. The second-order valence-electron chi connectivity index (χ2n) is 7.05. The number of nitrogens with one attached hydrogen (secondary N) is 2. The first-order valence-corrected chi connectivity index (χ1v) is 9.08. The summed E-state index contributed by atoms with van der Waals surface area (Å²) in [7, 11) is 0. The van der Waals surface area contributed by atoms with Gasteiger partial charge in [0.2, 0.25) is 5.91 Å². The van der Waals surface area contributed by atoms with Gasteiger partial charge in [0.05, 0.1) is 11.1 Å². The van der Waals surface area contributed by atoms with Crippen molar-refractivity contribution in [3.8, 4) is 0 Å². The summed E-state index contributed by atoms with van der Waals surface area (Å²) in [5.41, 5.74) is 5.12. The number of rotatable bonds is 2. The van der Waals surface area contributed by atoms with Crippen LogP contribution in [0.4, 0.5) is 5.69 Å².